The third-order valence-corrected chi connectivity index (χ3v) is 6.61. The number of alkyl halides is 2. The van der Waals surface area contributed by atoms with Crippen molar-refractivity contribution in [2.45, 2.75) is 70.6 Å². The van der Waals surface area contributed by atoms with Crippen molar-refractivity contribution in [2.24, 2.45) is 5.92 Å². The van der Waals surface area contributed by atoms with E-state index in [2.05, 4.69) is 5.32 Å². The summed E-state index contributed by atoms with van der Waals surface area (Å²) in [6.07, 6.45) is 0.272. The van der Waals surface area contributed by atoms with E-state index in [9.17, 15) is 28.0 Å². The van der Waals surface area contributed by atoms with Gasteiger partial charge in [-0.25, -0.2) is 4.79 Å². The Kier molecular flexibility index (Phi) is 10.1. The van der Waals surface area contributed by atoms with Gasteiger partial charge in [0.2, 0.25) is 17.5 Å². The Morgan fingerprint density at radius 1 is 1.00 bits per heavy atom. The number of carbonyl (C=O) groups excluding carboxylic acids is 4. The van der Waals surface area contributed by atoms with Crippen LogP contribution in [0.15, 0.2) is 60.7 Å². The number of Topliss-reactive ketones (excluding diaryl/α,β-unsaturated/α-hetero) is 2. The van der Waals surface area contributed by atoms with Crippen molar-refractivity contribution < 1.29 is 32.7 Å². The molecule has 38 heavy (non-hydrogen) atoms. The molecule has 1 heterocycles. The van der Waals surface area contributed by atoms with Gasteiger partial charge >= 0.3 is 12.0 Å². The number of carbonyl (C=O) groups is 4. The number of nitrogens with zero attached hydrogens (tertiary/aromatic N) is 1. The lowest BCUT2D eigenvalue weighted by molar-refractivity contribution is -0.159. The highest BCUT2D eigenvalue weighted by Crippen LogP contribution is 2.25. The first kappa shape index (κ1) is 28.9. The molecule has 1 fully saturated rings. The second kappa shape index (κ2) is 13.3. The van der Waals surface area contributed by atoms with Crippen LogP contribution in [-0.2, 0) is 32.1 Å². The van der Waals surface area contributed by atoms with Crippen LogP contribution in [0.4, 0.5) is 13.6 Å². The predicted molar refractivity (Wildman–Crippen MR) is 137 cm³/mol. The van der Waals surface area contributed by atoms with E-state index in [0.717, 1.165) is 11.1 Å². The van der Waals surface area contributed by atoms with Crippen molar-refractivity contribution in [1.29, 1.82) is 0 Å². The minimum Gasteiger partial charge on any atom is -0.445 e. The van der Waals surface area contributed by atoms with Crippen LogP contribution in [0.25, 0.3) is 0 Å². The normalized spacial score (nSPS) is 16.2. The van der Waals surface area contributed by atoms with Gasteiger partial charge in [0.1, 0.15) is 12.6 Å². The molecule has 9 heteroatoms. The lowest BCUT2D eigenvalue weighted by Gasteiger charge is -2.28. The first-order chi connectivity index (χ1) is 18.1. The van der Waals surface area contributed by atoms with Gasteiger partial charge in [0.05, 0.1) is 6.04 Å². The maximum atomic E-state index is 14.9. The quantitative estimate of drug-likeness (QED) is 0.403. The average molecular weight is 529 g/mol. The van der Waals surface area contributed by atoms with E-state index in [4.69, 9.17) is 4.74 Å². The Hall–Kier alpha value is -3.62. The summed E-state index contributed by atoms with van der Waals surface area (Å²) in [6, 6.07) is 15.6. The van der Waals surface area contributed by atoms with Crippen LogP contribution in [0.1, 0.15) is 50.7 Å². The Bertz CT molecular complexity index is 1110. The lowest BCUT2D eigenvalue weighted by atomic mass is 9.92. The Balaban J connectivity index is 1.59. The number of hydrogen-bond acceptors (Lipinski definition) is 5. The molecule has 0 bridgehead atoms. The highest BCUT2D eigenvalue weighted by molar-refractivity contribution is 6.11. The van der Waals surface area contributed by atoms with Gasteiger partial charge in [-0.1, -0.05) is 74.5 Å². The number of nitrogens with one attached hydrogen (secondary N) is 1. The van der Waals surface area contributed by atoms with Crippen molar-refractivity contribution in [1.82, 2.24) is 10.2 Å². The van der Waals surface area contributed by atoms with Crippen LogP contribution in [0.2, 0.25) is 0 Å². The number of ketones is 2. The molecule has 0 saturated carbocycles. The minimum absolute atomic E-state index is 0.0240. The minimum atomic E-state index is -4.23. The predicted octanol–water partition coefficient (Wildman–Crippen LogP) is 4.72. The summed E-state index contributed by atoms with van der Waals surface area (Å²) in [5.74, 6) is -8.76. The molecular formula is C29H34F2N2O5. The van der Waals surface area contributed by atoms with Crippen LogP contribution in [0, 0.1) is 5.92 Å². The van der Waals surface area contributed by atoms with Gasteiger partial charge < -0.3 is 10.1 Å². The average Bonchev–Trinajstić information content (AvgIpc) is 3.41. The number of hydrogen-bond donors (Lipinski definition) is 1. The molecule has 0 spiro atoms. The Morgan fingerprint density at radius 3 is 2.21 bits per heavy atom. The summed E-state index contributed by atoms with van der Waals surface area (Å²) < 4.78 is 35.1. The van der Waals surface area contributed by atoms with E-state index in [-0.39, 0.29) is 19.6 Å². The first-order valence-corrected chi connectivity index (χ1v) is 12.9. The van der Waals surface area contributed by atoms with Gasteiger partial charge in [-0.3, -0.25) is 19.3 Å². The van der Waals surface area contributed by atoms with E-state index in [1.165, 1.54) is 18.7 Å². The van der Waals surface area contributed by atoms with Gasteiger partial charge in [-0.2, -0.15) is 8.78 Å². The van der Waals surface area contributed by atoms with E-state index >= 15 is 0 Å². The molecule has 0 aromatic heterocycles. The Morgan fingerprint density at radius 2 is 1.61 bits per heavy atom. The largest absolute Gasteiger partial charge is 0.445 e. The van der Waals surface area contributed by atoms with Crippen molar-refractivity contribution in [3.05, 3.63) is 71.8 Å². The molecule has 2 atom stereocenters. The molecule has 3 rings (SSSR count). The molecule has 2 aromatic rings. The van der Waals surface area contributed by atoms with E-state index in [1.807, 2.05) is 48.5 Å². The van der Waals surface area contributed by atoms with Crippen LogP contribution < -0.4 is 5.32 Å². The topological polar surface area (TPSA) is 92.8 Å². The number of halogens is 2. The zero-order chi connectivity index (χ0) is 27.7. The third-order valence-electron chi connectivity index (χ3n) is 6.61. The van der Waals surface area contributed by atoms with E-state index in [0.29, 0.717) is 19.3 Å². The van der Waals surface area contributed by atoms with Gasteiger partial charge in [0, 0.05) is 13.0 Å². The Labute approximate surface area is 221 Å². The summed E-state index contributed by atoms with van der Waals surface area (Å²) in [6.45, 7) is 3.32. The molecule has 1 aliphatic rings. The molecule has 0 aliphatic carbocycles. The standard InChI is InChI=1S/C29H34F2N2O5/c1-20(2)25(26(35)29(30,31)24(34)17-9-15-21-11-5-3-6-12-21)32-27(36)23-16-10-18-33(23)28(37)38-19-22-13-7-4-8-14-22/h3-8,11-14,20,23,25H,9-10,15-19H2,1-2H3,(H,32,36). The summed E-state index contributed by atoms with van der Waals surface area (Å²) >= 11 is 0. The lowest BCUT2D eigenvalue weighted by Crippen LogP contribution is -2.57. The fourth-order valence-electron chi connectivity index (χ4n) is 4.43. The van der Waals surface area contributed by atoms with Crippen molar-refractivity contribution >= 4 is 23.6 Å². The van der Waals surface area contributed by atoms with Gasteiger partial charge in [-0.15, -0.1) is 0 Å². The fraction of sp³-hybridized carbons (Fsp3) is 0.448. The maximum absolute atomic E-state index is 14.9. The summed E-state index contributed by atoms with van der Waals surface area (Å²) in [4.78, 5) is 52.1. The SMILES string of the molecule is CC(C)C(NC(=O)C1CCCN1C(=O)OCc1ccccc1)C(=O)C(F)(F)C(=O)CCCc1ccccc1. The van der Waals surface area contributed by atoms with Crippen LogP contribution >= 0.6 is 0 Å². The van der Waals surface area contributed by atoms with E-state index in [1.54, 1.807) is 12.1 Å². The summed E-state index contributed by atoms with van der Waals surface area (Å²) in [5.41, 5.74) is 1.69. The molecule has 7 nitrogen and oxygen atoms in total. The van der Waals surface area contributed by atoms with Crippen molar-refractivity contribution in [3.63, 3.8) is 0 Å². The first-order valence-electron chi connectivity index (χ1n) is 12.9. The third kappa shape index (κ3) is 7.46. The number of amides is 2. The van der Waals surface area contributed by atoms with Gasteiger partial charge in [0.15, 0.2) is 0 Å². The number of rotatable bonds is 12. The second-order valence-corrected chi connectivity index (χ2v) is 9.82. The fourth-order valence-corrected chi connectivity index (χ4v) is 4.43. The number of ether oxygens (including phenoxy) is 1. The molecule has 1 N–H and O–H groups in total. The van der Waals surface area contributed by atoms with Crippen LogP contribution in [-0.4, -0.2) is 53.0 Å². The molecule has 204 valence electrons. The van der Waals surface area contributed by atoms with Crippen LogP contribution in [0.3, 0.4) is 0 Å². The number of likely N-dealkylation sites (tertiary alicyclic amines) is 1. The van der Waals surface area contributed by atoms with Crippen LogP contribution in [0.5, 0.6) is 0 Å². The van der Waals surface area contributed by atoms with Gasteiger partial charge in [-0.05, 0) is 42.7 Å². The monoisotopic (exact) mass is 528 g/mol. The smallest absolute Gasteiger partial charge is 0.410 e. The summed E-state index contributed by atoms with van der Waals surface area (Å²) in [7, 11) is 0. The van der Waals surface area contributed by atoms with Gasteiger partial charge in [0.25, 0.3) is 0 Å². The zero-order valence-corrected chi connectivity index (χ0v) is 21.7. The highest BCUT2D eigenvalue weighted by atomic mass is 19.3. The molecule has 2 unspecified atom stereocenters. The maximum Gasteiger partial charge on any atom is 0.410 e. The van der Waals surface area contributed by atoms with Crippen molar-refractivity contribution in [3.8, 4) is 0 Å². The number of benzene rings is 2. The molecular weight excluding hydrogens is 494 g/mol. The van der Waals surface area contributed by atoms with E-state index < -0.39 is 53.9 Å². The molecule has 0 radical (unpaired) electrons. The highest BCUT2D eigenvalue weighted by Gasteiger charge is 2.50. The zero-order valence-electron chi connectivity index (χ0n) is 21.7. The second-order valence-electron chi connectivity index (χ2n) is 9.82. The molecule has 1 saturated heterocycles. The number of aryl methyl sites for hydroxylation is 1. The van der Waals surface area contributed by atoms with Crippen molar-refractivity contribution in [2.75, 3.05) is 6.54 Å². The summed E-state index contributed by atoms with van der Waals surface area (Å²) in [5, 5.41) is 2.39. The molecule has 1 aliphatic heterocycles. The molecule has 2 amide bonds. The molecule has 2 aromatic carbocycles.